The van der Waals surface area contributed by atoms with Crippen LogP contribution in [0.5, 0.6) is 5.88 Å². The highest BCUT2D eigenvalue weighted by Gasteiger charge is 2.59. The average Bonchev–Trinajstić information content (AvgIpc) is 3.51. The summed E-state index contributed by atoms with van der Waals surface area (Å²) in [7, 11) is 0. The number of piperidine rings is 1. The van der Waals surface area contributed by atoms with E-state index in [1.165, 1.54) is 21.6 Å². The Kier molecular flexibility index (Phi) is 6.46. The van der Waals surface area contributed by atoms with Gasteiger partial charge in [0.2, 0.25) is 11.8 Å². The highest BCUT2D eigenvalue weighted by atomic mass is 19.1. The van der Waals surface area contributed by atoms with Gasteiger partial charge in [-0.1, -0.05) is 0 Å². The van der Waals surface area contributed by atoms with Crippen LogP contribution in [0.15, 0.2) is 73.4 Å². The number of hydrogen-bond donors (Lipinski definition) is 1. The molecule has 12 nitrogen and oxygen atoms in total. The number of rotatable bonds is 8. The van der Waals surface area contributed by atoms with Gasteiger partial charge in [0.25, 0.3) is 5.91 Å². The van der Waals surface area contributed by atoms with Crippen molar-refractivity contribution in [2.24, 2.45) is 17.6 Å². The van der Waals surface area contributed by atoms with Crippen LogP contribution in [-0.4, -0.2) is 69.7 Å². The van der Waals surface area contributed by atoms with Gasteiger partial charge >= 0.3 is 0 Å². The van der Waals surface area contributed by atoms with Crippen LogP contribution in [0.2, 0.25) is 0 Å². The molecule has 0 bridgehead atoms. The van der Waals surface area contributed by atoms with Crippen molar-refractivity contribution in [1.82, 2.24) is 44.6 Å². The first kappa shape index (κ1) is 26.8. The molecule has 218 valence electrons. The summed E-state index contributed by atoms with van der Waals surface area (Å²) >= 11 is 0. The topological polar surface area (TPSA) is 143 Å². The Balaban J connectivity index is 1.08. The lowest BCUT2D eigenvalue weighted by molar-refractivity contribution is 0.0750. The molecule has 7 rings (SSSR count). The first-order chi connectivity index (χ1) is 20.7. The fraction of sp³-hybridized carbons (Fsp3) is 0.300. The highest BCUT2D eigenvalue weighted by molar-refractivity contribution is 5.95. The van der Waals surface area contributed by atoms with Crippen molar-refractivity contribution in [3.05, 3.63) is 96.1 Å². The average molecular weight is 581 g/mol. The summed E-state index contributed by atoms with van der Waals surface area (Å²) in [6, 6.07) is 11.7. The minimum Gasteiger partial charge on any atom is -0.474 e. The van der Waals surface area contributed by atoms with Crippen LogP contribution in [0.4, 0.5) is 4.39 Å². The maximum absolute atomic E-state index is 13.7. The molecule has 2 aliphatic rings. The maximum Gasteiger partial charge on any atom is 0.257 e. The molecule has 2 fully saturated rings. The third kappa shape index (κ3) is 5.34. The predicted octanol–water partition coefficient (Wildman–Crippen LogP) is 2.85. The summed E-state index contributed by atoms with van der Waals surface area (Å²) in [6.07, 6.45) is 7.99. The molecule has 1 aliphatic heterocycles. The molecule has 4 aromatic heterocycles. The molecule has 0 radical (unpaired) electrons. The van der Waals surface area contributed by atoms with Crippen molar-refractivity contribution in [1.29, 1.82) is 0 Å². The van der Waals surface area contributed by atoms with Crippen molar-refractivity contribution in [3.8, 4) is 23.1 Å². The second-order valence-corrected chi connectivity index (χ2v) is 11.5. The van der Waals surface area contributed by atoms with Crippen LogP contribution in [0.3, 0.4) is 0 Å². The number of hydrogen-bond acceptors (Lipinski definition) is 9. The number of nitrogens with two attached hydrogens (primary N) is 1. The monoisotopic (exact) mass is 580 g/mol. The lowest BCUT2D eigenvalue weighted by Crippen LogP contribution is -2.34. The second-order valence-electron chi connectivity index (χ2n) is 11.5. The van der Waals surface area contributed by atoms with Crippen molar-refractivity contribution in [3.63, 3.8) is 0 Å². The first-order valence-corrected chi connectivity index (χ1v) is 14.0. The van der Waals surface area contributed by atoms with Crippen molar-refractivity contribution >= 4 is 5.91 Å². The highest BCUT2D eigenvalue weighted by Crippen LogP contribution is 2.48. The Morgan fingerprint density at radius 2 is 1.74 bits per heavy atom. The number of carbonyl (C=O) groups excluding carboxylic acids is 1. The zero-order valence-electron chi connectivity index (χ0n) is 23.6. The third-order valence-electron chi connectivity index (χ3n) is 7.88. The van der Waals surface area contributed by atoms with Gasteiger partial charge in [0, 0.05) is 60.7 Å². The molecule has 1 saturated heterocycles. The van der Waals surface area contributed by atoms with Crippen LogP contribution in [0.1, 0.15) is 35.5 Å². The number of benzene rings is 1. The molecule has 5 aromatic rings. The normalized spacial score (nSPS) is 19.3. The van der Waals surface area contributed by atoms with Crippen LogP contribution >= 0.6 is 0 Å². The minimum absolute atomic E-state index is 0.0676. The third-order valence-corrected chi connectivity index (χ3v) is 7.88. The van der Waals surface area contributed by atoms with E-state index in [-0.39, 0.29) is 36.2 Å². The van der Waals surface area contributed by atoms with E-state index in [9.17, 15) is 9.18 Å². The standard InChI is InChI=1S/C30H29FN10O2/c1-30(2,32)19-12-24(18-4-6-20(31)7-5-18)37-26(13-19)43-27-21-14-39(15-22(21)27)28(42)23-16-40(29-33-8-3-9-34-29)38-25(23)17-41-35-10-11-36-41/h3-13,16,21-22,27H,14-15,17,32H2,1-2H3/t21-,22?,27+/m1/s1. The summed E-state index contributed by atoms with van der Waals surface area (Å²) in [6.45, 7) is 5.16. The van der Waals surface area contributed by atoms with E-state index >= 15 is 0 Å². The van der Waals surface area contributed by atoms with E-state index in [4.69, 9.17) is 15.5 Å². The van der Waals surface area contributed by atoms with Crippen LogP contribution < -0.4 is 10.5 Å². The molecule has 5 heterocycles. The summed E-state index contributed by atoms with van der Waals surface area (Å²) in [5, 5.41) is 12.9. The minimum atomic E-state index is -0.628. The number of nitrogens with zero attached hydrogens (tertiary/aromatic N) is 9. The summed E-state index contributed by atoms with van der Waals surface area (Å²) in [4.78, 5) is 30.3. The SMILES string of the molecule is CC(C)(N)c1cc(O[C@@H]2C3CN(C(=O)c4cn(-c5ncccn5)nc4Cn4nccn4)C[C@H]32)nc(-c2ccc(F)cc2)c1. The zero-order chi connectivity index (χ0) is 29.7. The van der Waals surface area contributed by atoms with E-state index in [2.05, 4.69) is 25.3 Å². The van der Waals surface area contributed by atoms with Gasteiger partial charge in [-0.05, 0) is 55.8 Å². The molecule has 1 aromatic carbocycles. The number of ether oxygens (including phenoxy) is 1. The van der Waals surface area contributed by atoms with Crippen molar-refractivity contribution in [2.75, 3.05) is 13.1 Å². The Morgan fingerprint density at radius 3 is 2.42 bits per heavy atom. The lowest BCUT2D eigenvalue weighted by atomic mass is 9.95. The van der Waals surface area contributed by atoms with Crippen LogP contribution in [-0.2, 0) is 12.1 Å². The molecule has 3 atom stereocenters. The van der Waals surface area contributed by atoms with Gasteiger partial charge in [0.05, 0.1) is 29.3 Å². The van der Waals surface area contributed by atoms with E-state index in [1.54, 1.807) is 49.2 Å². The Hall–Kier alpha value is -5.04. The number of pyridine rings is 1. The fourth-order valence-corrected chi connectivity index (χ4v) is 5.50. The summed E-state index contributed by atoms with van der Waals surface area (Å²) < 4.78 is 21.4. The van der Waals surface area contributed by atoms with E-state index < -0.39 is 5.54 Å². The summed E-state index contributed by atoms with van der Waals surface area (Å²) in [5.41, 5.74) is 9.07. The number of halogens is 1. The molecule has 1 amide bonds. The van der Waals surface area contributed by atoms with E-state index in [0.29, 0.717) is 41.9 Å². The summed E-state index contributed by atoms with van der Waals surface area (Å²) in [5.74, 6) is 0.747. The molecule has 13 heteroatoms. The molecular formula is C30H29FN10O2. The lowest BCUT2D eigenvalue weighted by Gasteiger charge is -2.22. The maximum atomic E-state index is 13.7. The van der Waals surface area contributed by atoms with Crippen LogP contribution in [0, 0.1) is 17.7 Å². The van der Waals surface area contributed by atoms with Crippen molar-refractivity contribution < 1.29 is 13.9 Å². The van der Waals surface area contributed by atoms with Gasteiger partial charge in [-0.25, -0.2) is 24.0 Å². The smallest absolute Gasteiger partial charge is 0.257 e. The Labute approximate surface area is 246 Å². The number of amides is 1. The van der Waals surface area contributed by atoms with E-state index in [0.717, 1.165) is 11.1 Å². The first-order valence-electron chi connectivity index (χ1n) is 14.0. The zero-order valence-corrected chi connectivity index (χ0v) is 23.6. The van der Waals surface area contributed by atoms with Gasteiger partial charge in [-0.15, -0.1) is 0 Å². The van der Waals surface area contributed by atoms with Gasteiger partial charge in [-0.2, -0.15) is 20.1 Å². The largest absolute Gasteiger partial charge is 0.474 e. The quantitative estimate of drug-likeness (QED) is 0.293. The number of fused-ring (bicyclic) bond motifs is 1. The second kappa shape index (κ2) is 10.3. The van der Waals surface area contributed by atoms with Gasteiger partial charge in [-0.3, -0.25) is 4.79 Å². The predicted molar refractivity (Wildman–Crippen MR) is 152 cm³/mol. The van der Waals surface area contributed by atoms with E-state index in [1.807, 2.05) is 30.9 Å². The molecule has 1 aliphatic carbocycles. The molecule has 1 saturated carbocycles. The Morgan fingerprint density at radius 1 is 1.05 bits per heavy atom. The van der Waals surface area contributed by atoms with Gasteiger partial charge in [0.1, 0.15) is 18.5 Å². The van der Waals surface area contributed by atoms with Crippen LogP contribution in [0.25, 0.3) is 17.2 Å². The molecule has 2 N–H and O–H groups in total. The van der Waals surface area contributed by atoms with Gasteiger partial charge < -0.3 is 15.4 Å². The molecular weight excluding hydrogens is 551 g/mol. The van der Waals surface area contributed by atoms with Gasteiger partial charge in [0.15, 0.2) is 0 Å². The van der Waals surface area contributed by atoms with Crippen molar-refractivity contribution in [2.45, 2.75) is 32.0 Å². The number of aromatic nitrogens is 8. The number of carbonyl (C=O) groups is 1. The Bertz CT molecular complexity index is 1760. The molecule has 1 unspecified atom stereocenters. The number of likely N-dealkylation sites (tertiary alicyclic amines) is 1. The molecule has 43 heavy (non-hydrogen) atoms. The fourth-order valence-electron chi connectivity index (χ4n) is 5.50. The molecule has 0 spiro atoms.